The van der Waals surface area contributed by atoms with Crippen molar-refractivity contribution in [2.75, 3.05) is 19.6 Å². The molecule has 0 aromatic rings. The monoisotopic (exact) mass is 186 g/mol. The number of amides is 1. The van der Waals surface area contributed by atoms with Gasteiger partial charge in [0, 0.05) is 20.0 Å². The molecule has 3 heteroatoms. The van der Waals surface area contributed by atoms with Crippen molar-refractivity contribution in [3.63, 3.8) is 0 Å². The van der Waals surface area contributed by atoms with Gasteiger partial charge in [-0.1, -0.05) is 13.3 Å². The number of rotatable bonds is 7. The van der Waals surface area contributed by atoms with Gasteiger partial charge in [0.15, 0.2) is 0 Å². The van der Waals surface area contributed by atoms with E-state index in [9.17, 15) is 4.79 Å². The minimum Gasteiger partial charge on any atom is -0.343 e. The van der Waals surface area contributed by atoms with E-state index < -0.39 is 0 Å². The maximum Gasteiger partial charge on any atom is 0.219 e. The van der Waals surface area contributed by atoms with Gasteiger partial charge in [-0.2, -0.15) is 0 Å². The third kappa shape index (κ3) is 6.58. The van der Waals surface area contributed by atoms with Crippen molar-refractivity contribution in [2.45, 2.75) is 39.5 Å². The Kier molecular flexibility index (Phi) is 7.69. The molecule has 0 aliphatic carbocycles. The van der Waals surface area contributed by atoms with E-state index in [1.165, 1.54) is 0 Å². The second-order valence-corrected chi connectivity index (χ2v) is 3.36. The lowest BCUT2D eigenvalue weighted by Crippen LogP contribution is -2.31. The predicted molar refractivity (Wildman–Crippen MR) is 55.5 cm³/mol. The van der Waals surface area contributed by atoms with E-state index in [2.05, 4.69) is 6.92 Å². The molecule has 0 fully saturated rings. The fourth-order valence-electron chi connectivity index (χ4n) is 1.22. The Morgan fingerprint density at radius 1 is 1.23 bits per heavy atom. The number of hydrogen-bond donors (Lipinski definition) is 1. The number of unbranched alkanes of at least 4 members (excludes halogenated alkanes) is 2. The van der Waals surface area contributed by atoms with E-state index in [1.807, 2.05) is 4.90 Å². The first-order valence-electron chi connectivity index (χ1n) is 5.18. The molecule has 0 aromatic heterocycles. The van der Waals surface area contributed by atoms with Gasteiger partial charge in [0.1, 0.15) is 0 Å². The zero-order chi connectivity index (χ0) is 10.1. The van der Waals surface area contributed by atoms with Crippen LogP contribution in [0.4, 0.5) is 0 Å². The summed E-state index contributed by atoms with van der Waals surface area (Å²) in [5, 5.41) is 0. The number of hydrogen-bond acceptors (Lipinski definition) is 2. The van der Waals surface area contributed by atoms with Crippen molar-refractivity contribution in [1.82, 2.24) is 4.90 Å². The average Bonchev–Trinajstić information content (AvgIpc) is 2.10. The number of nitrogens with two attached hydrogens (primary N) is 1. The number of carbonyl (C=O) groups is 1. The quantitative estimate of drug-likeness (QED) is 0.610. The molecule has 0 saturated heterocycles. The lowest BCUT2D eigenvalue weighted by Gasteiger charge is -2.20. The van der Waals surface area contributed by atoms with Crippen LogP contribution in [0.1, 0.15) is 39.5 Å². The Hall–Kier alpha value is -0.570. The maximum absolute atomic E-state index is 11.1. The summed E-state index contributed by atoms with van der Waals surface area (Å²) in [7, 11) is 0. The molecule has 0 heterocycles. The zero-order valence-corrected chi connectivity index (χ0v) is 8.88. The Labute approximate surface area is 81.3 Å². The van der Waals surface area contributed by atoms with E-state index in [4.69, 9.17) is 5.73 Å². The minimum absolute atomic E-state index is 0.186. The van der Waals surface area contributed by atoms with Crippen LogP contribution in [-0.4, -0.2) is 30.4 Å². The molecule has 13 heavy (non-hydrogen) atoms. The normalized spacial score (nSPS) is 10.1. The number of carbonyl (C=O) groups excluding carboxylic acids is 1. The third-order valence-corrected chi connectivity index (χ3v) is 2.11. The van der Waals surface area contributed by atoms with Crippen molar-refractivity contribution in [1.29, 1.82) is 0 Å². The van der Waals surface area contributed by atoms with E-state index in [1.54, 1.807) is 6.92 Å². The van der Waals surface area contributed by atoms with Gasteiger partial charge in [0.25, 0.3) is 0 Å². The second kappa shape index (κ2) is 8.05. The van der Waals surface area contributed by atoms with E-state index in [0.717, 1.165) is 45.3 Å². The second-order valence-electron chi connectivity index (χ2n) is 3.36. The van der Waals surface area contributed by atoms with Crippen LogP contribution in [0.5, 0.6) is 0 Å². The maximum atomic E-state index is 11.1. The van der Waals surface area contributed by atoms with Crippen LogP contribution in [-0.2, 0) is 4.79 Å². The first-order chi connectivity index (χ1) is 6.22. The standard InChI is InChI=1S/C10H22N2O/c1-3-4-8-12(10(2)13)9-6-5-7-11/h3-9,11H2,1-2H3. The van der Waals surface area contributed by atoms with Crippen LogP contribution >= 0.6 is 0 Å². The van der Waals surface area contributed by atoms with E-state index in [-0.39, 0.29) is 5.91 Å². The molecule has 0 spiro atoms. The van der Waals surface area contributed by atoms with Gasteiger partial charge in [0.2, 0.25) is 5.91 Å². The molecule has 78 valence electrons. The molecule has 2 N–H and O–H groups in total. The Morgan fingerprint density at radius 2 is 1.85 bits per heavy atom. The van der Waals surface area contributed by atoms with Gasteiger partial charge in [0.05, 0.1) is 0 Å². The summed E-state index contributed by atoms with van der Waals surface area (Å²) in [5.74, 6) is 0.186. The molecular formula is C10H22N2O. The topological polar surface area (TPSA) is 46.3 Å². The van der Waals surface area contributed by atoms with Crippen molar-refractivity contribution < 1.29 is 4.79 Å². The fraction of sp³-hybridized carbons (Fsp3) is 0.900. The molecule has 0 aliphatic rings. The van der Waals surface area contributed by atoms with Crippen molar-refractivity contribution in [2.24, 2.45) is 5.73 Å². The van der Waals surface area contributed by atoms with Crippen LogP contribution < -0.4 is 5.73 Å². The molecule has 0 aliphatic heterocycles. The van der Waals surface area contributed by atoms with Gasteiger partial charge in [-0.25, -0.2) is 0 Å². The first kappa shape index (κ1) is 12.4. The lowest BCUT2D eigenvalue weighted by molar-refractivity contribution is -0.129. The predicted octanol–water partition coefficient (Wildman–Crippen LogP) is 1.37. The van der Waals surface area contributed by atoms with E-state index >= 15 is 0 Å². The SMILES string of the molecule is CCCCN(CCCCN)C(C)=O. The van der Waals surface area contributed by atoms with Crippen LogP contribution in [0.15, 0.2) is 0 Å². The summed E-state index contributed by atoms with van der Waals surface area (Å²) in [6, 6.07) is 0. The molecule has 0 atom stereocenters. The smallest absolute Gasteiger partial charge is 0.219 e. The summed E-state index contributed by atoms with van der Waals surface area (Å²) in [4.78, 5) is 13.1. The van der Waals surface area contributed by atoms with Gasteiger partial charge in [-0.05, 0) is 25.8 Å². The third-order valence-electron chi connectivity index (χ3n) is 2.11. The molecule has 0 aromatic carbocycles. The fourth-order valence-corrected chi connectivity index (χ4v) is 1.22. The summed E-state index contributed by atoms with van der Waals surface area (Å²) in [6.45, 7) is 6.26. The summed E-state index contributed by atoms with van der Waals surface area (Å²) < 4.78 is 0. The highest BCUT2D eigenvalue weighted by Gasteiger charge is 2.06. The molecule has 0 bridgehead atoms. The van der Waals surface area contributed by atoms with E-state index in [0.29, 0.717) is 0 Å². The van der Waals surface area contributed by atoms with Crippen molar-refractivity contribution in [3.05, 3.63) is 0 Å². The largest absolute Gasteiger partial charge is 0.343 e. The highest BCUT2D eigenvalue weighted by molar-refractivity contribution is 5.73. The summed E-state index contributed by atoms with van der Waals surface area (Å²) >= 11 is 0. The first-order valence-corrected chi connectivity index (χ1v) is 5.18. The highest BCUT2D eigenvalue weighted by atomic mass is 16.2. The average molecular weight is 186 g/mol. The molecule has 1 amide bonds. The molecular weight excluding hydrogens is 164 g/mol. The van der Waals surface area contributed by atoms with Gasteiger partial charge >= 0.3 is 0 Å². The van der Waals surface area contributed by atoms with Crippen molar-refractivity contribution >= 4 is 5.91 Å². The summed E-state index contributed by atoms with van der Waals surface area (Å²) in [5.41, 5.74) is 5.39. The zero-order valence-electron chi connectivity index (χ0n) is 8.88. The Morgan fingerprint density at radius 3 is 2.31 bits per heavy atom. The molecule has 0 rings (SSSR count). The highest BCUT2D eigenvalue weighted by Crippen LogP contribution is 1.99. The van der Waals surface area contributed by atoms with Crippen LogP contribution in [0.3, 0.4) is 0 Å². The van der Waals surface area contributed by atoms with Crippen LogP contribution in [0, 0.1) is 0 Å². The molecule has 0 saturated carbocycles. The summed E-state index contributed by atoms with van der Waals surface area (Å²) in [6.07, 6.45) is 4.28. The van der Waals surface area contributed by atoms with Crippen LogP contribution in [0.25, 0.3) is 0 Å². The lowest BCUT2D eigenvalue weighted by atomic mass is 10.2. The Bertz CT molecular complexity index is 137. The molecule has 0 radical (unpaired) electrons. The van der Waals surface area contributed by atoms with Crippen molar-refractivity contribution in [3.8, 4) is 0 Å². The molecule has 3 nitrogen and oxygen atoms in total. The number of nitrogens with zero attached hydrogens (tertiary/aromatic N) is 1. The van der Waals surface area contributed by atoms with Gasteiger partial charge in [-0.15, -0.1) is 0 Å². The molecule has 0 unspecified atom stereocenters. The Balaban J connectivity index is 3.61. The van der Waals surface area contributed by atoms with Gasteiger partial charge < -0.3 is 10.6 Å². The van der Waals surface area contributed by atoms with Crippen LogP contribution in [0.2, 0.25) is 0 Å². The minimum atomic E-state index is 0.186. The van der Waals surface area contributed by atoms with Gasteiger partial charge in [-0.3, -0.25) is 4.79 Å².